The minimum atomic E-state index is -0.318. The van der Waals surface area contributed by atoms with Gasteiger partial charge in [-0.25, -0.2) is 0 Å². The Morgan fingerprint density at radius 1 is 0.966 bits per heavy atom. The van der Waals surface area contributed by atoms with Gasteiger partial charge in [-0.2, -0.15) is 0 Å². The molecule has 158 valence electrons. The van der Waals surface area contributed by atoms with E-state index >= 15 is 0 Å². The van der Waals surface area contributed by atoms with E-state index in [9.17, 15) is 4.79 Å². The van der Waals surface area contributed by atoms with Crippen molar-refractivity contribution in [2.75, 3.05) is 52.9 Å². The van der Waals surface area contributed by atoms with E-state index in [0.717, 1.165) is 44.9 Å². The van der Waals surface area contributed by atoms with E-state index in [0.29, 0.717) is 11.3 Å². The summed E-state index contributed by atoms with van der Waals surface area (Å²) in [6.45, 7) is 7.75. The first-order valence-electron chi connectivity index (χ1n) is 11.8. The van der Waals surface area contributed by atoms with Gasteiger partial charge in [-0.3, -0.25) is 4.79 Å². The second kappa shape index (κ2) is 7.70. The third-order valence-electron chi connectivity index (χ3n) is 8.26. The highest BCUT2D eigenvalue weighted by atomic mass is 16.2. The van der Waals surface area contributed by atoms with Crippen LogP contribution in [0.3, 0.4) is 0 Å². The third kappa shape index (κ3) is 3.86. The fourth-order valence-electron chi connectivity index (χ4n) is 6.26. The molecule has 4 fully saturated rings. The van der Waals surface area contributed by atoms with Crippen LogP contribution in [0.2, 0.25) is 0 Å². The molecular formula is C25H37N3O. The smallest absolute Gasteiger partial charge is 0.233 e. The van der Waals surface area contributed by atoms with Crippen molar-refractivity contribution in [3.05, 3.63) is 35.9 Å². The van der Waals surface area contributed by atoms with Crippen LogP contribution in [0.5, 0.6) is 0 Å². The summed E-state index contributed by atoms with van der Waals surface area (Å²) in [5.41, 5.74) is 1.27. The molecule has 1 spiro atoms. The largest absolute Gasteiger partial charge is 0.341 e. The maximum absolute atomic E-state index is 14.0. The van der Waals surface area contributed by atoms with Crippen LogP contribution in [0, 0.1) is 11.3 Å². The monoisotopic (exact) mass is 395 g/mol. The Kier molecular flexibility index (Phi) is 5.19. The molecule has 1 amide bonds. The average molecular weight is 396 g/mol. The van der Waals surface area contributed by atoms with E-state index in [1.165, 1.54) is 57.3 Å². The van der Waals surface area contributed by atoms with Gasteiger partial charge in [0.15, 0.2) is 0 Å². The van der Waals surface area contributed by atoms with Crippen LogP contribution in [-0.2, 0) is 10.2 Å². The quantitative estimate of drug-likeness (QED) is 0.782. The van der Waals surface area contributed by atoms with E-state index in [-0.39, 0.29) is 5.41 Å². The van der Waals surface area contributed by atoms with Gasteiger partial charge < -0.3 is 14.7 Å². The van der Waals surface area contributed by atoms with Gasteiger partial charge in [0.25, 0.3) is 0 Å². The maximum atomic E-state index is 14.0. The summed E-state index contributed by atoms with van der Waals surface area (Å²) in [5, 5.41) is 0. The van der Waals surface area contributed by atoms with Gasteiger partial charge in [-0.05, 0) is 83.1 Å². The predicted octanol–water partition coefficient (Wildman–Crippen LogP) is 3.37. The predicted molar refractivity (Wildman–Crippen MR) is 117 cm³/mol. The Morgan fingerprint density at radius 2 is 1.72 bits per heavy atom. The molecule has 4 heteroatoms. The molecule has 3 heterocycles. The topological polar surface area (TPSA) is 26.8 Å². The summed E-state index contributed by atoms with van der Waals surface area (Å²) >= 11 is 0. The normalized spacial score (nSPS) is 30.7. The summed E-state index contributed by atoms with van der Waals surface area (Å²) in [6, 6.07) is 10.6. The number of nitrogens with zero attached hydrogens (tertiary/aromatic N) is 3. The minimum absolute atomic E-state index is 0.318. The zero-order valence-electron chi connectivity index (χ0n) is 18.1. The van der Waals surface area contributed by atoms with Gasteiger partial charge in [-0.1, -0.05) is 30.3 Å². The fourth-order valence-corrected chi connectivity index (χ4v) is 6.26. The van der Waals surface area contributed by atoms with Gasteiger partial charge in [0.2, 0.25) is 5.91 Å². The van der Waals surface area contributed by atoms with Crippen LogP contribution in [0.25, 0.3) is 0 Å². The molecule has 3 saturated heterocycles. The molecule has 1 atom stereocenters. The number of hydrogen-bond acceptors (Lipinski definition) is 3. The third-order valence-corrected chi connectivity index (χ3v) is 8.26. The number of rotatable bonds is 4. The first-order chi connectivity index (χ1) is 14.1. The average Bonchev–Trinajstić information content (AvgIpc) is 3.48. The van der Waals surface area contributed by atoms with Crippen molar-refractivity contribution < 1.29 is 4.79 Å². The highest BCUT2D eigenvalue weighted by molar-refractivity contribution is 5.88. The lowest BCUT2D eigenvalue weighted by Crippen LogP contribution is -2.53. The molecule has 0 N–H and O–H groups in total. The Labute approximate surface area is 176 Å². The number of carbonyl (C=O) groups is 1. The highest BCUT2D eigenvalue weighted by Gasteiger charge is 2.49. The van der Waals surface area contributed by atoms with Crippen LogP contribution in [0.4, 0.5) is 0 Å². The van der Waals surface area contributed by atoms with Gasteiger partial charge in [-0.15, -0.1) is 0 Å². The van der Waals surface area contributed by atoms with Crippen LogP contribution in [-0.4, -0.2) is 73.5 Å². The molecule has 1 aliphatic carbocycles. The number of benzene rings is 1. The molecule has 4 nitrogen and oxygen atoms in total. The van der Waals surface area contributed by atoms with E-state index in [2.05, 4.69) is 52.1 Å². The van der Waals surface area contributed by atoms with Crippen LogP contribution >= 0.6 is 0 Å². The Hall–Kier alpha value is -1.39. The van der Waals surface area contributed by atoms with Crippen LogP contribution in [0.1, 0.15) is 50.5 Å². The lowest BCUT2D eigenvalue weighted by molar-refractivity contribution is -0.139. The van der Waals surface area contributed by atoms with Crippen molar-refractivity contribution >= 4 is 5.91 Å². The second-order valence-corrected chi connectivity index (χ2v) is 10.5. The zero-order valence-corrected chi connectivity index (χ0v) is 18.1. The minimum Gasteiger partial charge on any atom is -0.341 e. The lowest BCUT2D eigenvalue weighted by atomic mass is 9.71. The van der Waals surface area contributed by atoms with Crippen LogP contribution < -0.4 is 0 Å². The molecule has 5 rings (SSSR count). The molecule has 0 aromatic heterocycles. The molecule has 3 aliphatic heterocycles. The number of amides is 1. The second-order valence-electron chi connectivity index (χ2n) is 10.5. The van der Waals surface area contributed by atoms with Crippen molar-refractivity contribution in [1.29, 1.82) is 0 Å². The van der Waals surface area contributed by atoms with Gasteiger partial charge in [0.1, 0.15) is 0 Å². The summed E-state index contributed by atoms with van der Waals surface area (Å²) in [6.07, 6.45) is 8.57. The van der Waals surface area contributed by atoms with Crippen molar-refractivity contribution in [2.45, 2.75) is 50.4 Å². The molecule has 4 aliphatic rings. The van der Waals surface area contributed by atoms with Crippen molar-refractivity contribution in [1.82, 2.24) is 14.7 Å². The summed E-state index contributed by atoms with van der Waals surface area (Å²) in [5.74, 6) is 1.37. The molecule has 1 aromatic carbocycles. The molecule has 1 saturated carbocycles. The molecule has 1 aromatic rings. The standard InChI is InChI=1S/C25H37N3O/c1-26-15-12-25(13-16-26,22-6-3-2-4-7-22)23(29)28-17-11-24(20-28)10-5-14-27(19-24)18-21-8-9-21/h2-4,6-7,21H,5,8-20H2,1H3/t24-/m0/s1. The number of likely N-dealkylation sites (tertiary alicyclic amines) is 3. The number of carbonyl (C=O) groups excluding carboxylic acids is 1. The lowest BCUT2D eigenvalue weighted by Gasteiger charge is -2.43. The van der Waals surface area contributed by atoms with E-state index in [4.69, 9.17) is 0 Å². The van der Waals surface area contributed by atoms with E-state index in [1.54, 1.807) is 0 Å². The molecule has 0 unspecified atom stereocenters. The van der Waals surface area contributed by atoms with E-state index < -0.39 is 0 Å². The van der Waals surface area contributed by atoms with Gasteiger partial charge in [0.05, 0.1) is 5.41 Å². The zero-order chi connectivity index (χ0) is 19.9. The van der Waals surface area contributed by atoms with Crippen molar-refractivity contribution in [3.63, 3.8) is 0 Å². The summed E-state index contributed by atoms with van der Waals surface area (Å²) in [7, 11) is 2.18. The Morgan fingerprint density at radius 3 is 2.45 bits per heavy atom. The molecular weight excluding hydrogens is 358 g/mol. The highest BCUT2D eigenvalue weighted by Crippen LogP contribution is 2.44. The van der Waals surface area contributed by atoms with Gasteiger partial charge in [0, 0.05) is 31.6 Å². The van der Waals surface area contributed by atoms with E-state index in [1.807, 2.05) is 0 Å². The van der Waals surface area contributed by atoms with Crippen LogP contribution in [0.15, 0.2) is 30.3 Å². The summed E-state index contributed by atoms with van der Waals surface area (Å²) in [4.78, 5) is 21.4. The number of hydrogen-bond donors (Lipinski definition) is 0. The first kappa shape index (κ1) is 19.6. The number of piperidine rings is 2. The first-order valence-corrected chi connectivity index (χ1v) is 11.8. The Balaban J connectivity index is 1.33. The van der Waals surface area contributed by atoms with Crippen molar-refractivity contribution in [2.24, 2.45) is 11.3 Å². The SMILES string of the molecule is CN1CCC(C(=O)N2CC[C@]3(CCCN(CC4CC4)C3)C2)(c2ccccc2)CC1. The molecule has 0 bridgehead atoms. The maximum Gasteiger partial charge on any atom is 0.233 e. The van der Waals surface area contributed by atoms with Crippen molar-refractivity contribution in [3.8, 4) is 0 Å². The summed E-state index contributed by atoms with van der Waals surface area (Å²) < 4.78 is 0. The Bertz CT molecular complexity index is 723. The van der Waals surface area contributed by atoms with Gasteiger partial charge >= 0.3 is 0 Å². The molecule has 0 radical (unpaired) electrons. The molecule has 29 heavy (non-hydrogen) atoms. The fraction of sp³-hybridized carbons (Fsp3) is 0.720.